The van der Waals surface area contributed by atoms with Crippen molar-refractivity contribution in [1.29, 1.82) is 0 Å². The van der Waals surface area contributed by atoms with Crippen molar-refractivity contribution in [2.75, 3.05) is 0 Å². The number of hydrogen-bond donors (Lipinski definition) is 3. The molecule has 14 heavy (non-hydrogen) atoms. The summed E-state index contributed by atoms with van der Waals surface area (Å²) >= 11 is 0. The highest BCUT2D eigenvalue weighted by Crippen LogP contribution is 2.02. The number of amidine groups is 1. The summed E-state index contributed by atoms with van der Waals surface area (Å²) < 4.78 is 0. The number of amides is 3. The van der Waals surface area contributed by atoms with Gasteiger partial charge in [-0.1, -0.05) is 0 Å². The molecule has 0 spiro atoms. The van der Waals surface area contributed by atoms with Crippen LogP contribution in [-0.4, -0.2) is 35.6 Å². The number of nitrogens with zero attached hydrogens (tertiary/aromatic N) is 2. The zero-order valence-electron chi connectivity index (χ0n) is 6.77. The molecule has 0 aromatic heterocycles. The first-order valence-electron chi connectivity index (χ1n) is 3.66. The van der Waals surface area contributed by atoms with Crippen LogP contribution in [0.4, 0.5) is 0 Å². The van der Waals surface area contributed by atoms with Crippen LogP contribution in [0.1, 0.15) is 0 Å². The van der Waals surface area contributed by atoms with Gasteiger partial charge in [0.25, 0.3) is 5.91 Å². The molecule has 0 bridgehead atoms. The van der Waals surface area contributed by atoms with Gasteiger partial charge in [-0.3, -0.25) is 14.4 Å². The Hall–Kier alpha value is -2.25. The molecule has 1 unspecified atom stereocenters. The standard InChI is InChI=1S/C6H5N5O3/c7-6-10-2-1(3(12)11-6)8-4(13)5(14)9-2/h1H,(H,8,13)(H3,7,9,10,11,12,14). The number of piperazine rings is 1. The maximum atomic E-state index is 11.2. The molecule has 2 rings (SSSR count). The zero-order chi connectivity index (χ0) is 10.3. The Labute approximate surface area is 77.3 Å². The highest BCUT2D eigenvalue weighted by molar-refractivity contribution is 6.43. The van der Waals surface area contributed by atoms with E-state index in [0.717, 1.165) is 0 Å². The quantitative estimate of drug-likeness (QED) is 0.353. The minimum absolute atomic E-state index is 0.00657. The normalized spacial score (nSPS) is 25.7. The minimum atomic E-state index is -1.02. The van der Waals surface area contributed by atoms with Crippen LogP contribution >= 0.6 is 0 Å². The van der Waals surface area contributed by atoms with Gasteiger partial charge in [0, 0.05) is 0 Å². The Kier molecular flexibility index (Phi) is 1.56. The fourth-order valence-electron chi connectivity index (χ4n) is 1.11. The van der Waals surface area contributed by atoms with Crippen molar-refractivity contribution in [2.24, 2.45) is 15.7 Å². The second kappa shape index (κ2) is 2.62. The molecule has 0 radical (unpaired) electrons. The first-order valence-corrected chi connectivity index (χ1v) is 3.66. The van der Waals surface area contributed by atoms with E-state index in [9.17, 15) is 14.4 Å². The summed E-state index contributed by atoms with van der Waals surface area (Å²) in [7, 11) is 0. The van der Waals surface area contributed by atoms with Gasteiger partial charge in [-0.2, -0.15) is 9.98 Å². The van der Waals surface area contributed by atoms with E-state index in [0.29, 0.717) is 0 Å². The monoisotopic (exact) mass is 195 g/mol. The molecular formula is C6H5N5O3. The lowest BCUT2D eigenvalue weighted by atomic mass is 10.2. The smallest absolute Gasteiger partial charge is 0.314 e. The highest BCUT2D eigenvalue weighted by Gasteiger charge is 2.37. The number of nitrogens with two attached hydrogens (primary N) is 1. The van der Waals surface area contributed by atoms with Crippen molar-refractivity contribution in [3.05, 3.63) is 0 Å². The van der Waals surface area contributed by atoms with Crippen molar-refractivity contribution in [2.45, 2.75) is 6.04 Å². The number of fused-ring (bicyclic) bond motifs is 1. The molecule has 2 aliphatic rings. The molecule has 1 fully saturated rings. The predicted molar refractivity (Wildman–Crippen MR) is 44.1 cm³/mol. The van der Waals surface area contributed by atoms with Gasteiger partial charge in [0.15, 0.2) is 6.04 Å². The van der Waals surface area contributed by atoms with Gasteiger partial charge in [-0.15, -0.1) is 0 Å². The van der Waals surface area contributed by atoms with Gasteiger partial charge in [0.2, 0.25) is 5.96 Å². The average Bonchev–Trinajstić information content (AvgIpc) is 2.08. The first kappa shape index (κ1) is 8.35. The van der Waals surface area contributed by atoms with E-state index in [1.54, 1.807) is 0 Å². The summed E-state index contributed by atoms with van der Waals surface area (Å²) in [5.74, 6) is -2.65. The molecule has 1 saturated heterocycles. The van der Waals surface area contributed by atoms with Crippen molar-refractivity contribution in [1.82, 2.24) is 10.6 Å². The van der Waals surface area contributed by atoms with Crippen LogP contribution in [0.5, 0.6) is 0 Å². The Morgan fingerprint density at radius 3 is 2.57 bits per heavy atom. The largest absolute Gasteiger partial charge is 0.368 e. The third-order valence-electron chi connectivity index (χ3n) is 1.70. The van der Waals surface area contributed by atoms with Crippen molar-refractivity contribution in [3.63, 3.8) is 0 Å². The predicted octanol–water partition coefficient (Wildman–Crippen LogP) is -3.15. The summed E-state index contributed by atoms with van der Waals surface area (Å²) in [6.45, 7) is 0. The lowest BCUT2D eigenvalue weighted by molar-refractivity contribution is -0.140. The lowest BCUT2D eigenvalue weighted by Crippen LogP contribution is -2.63. The van der Waals surface area contributed by atoms with Crippen LogP contribution in [0.3, 0.4) is 0 Å². The molecule has 0 aromatic rings. The summed E-state index contributed by atoms with van der Waals surface area (Å²) in [5.41, 5.74) is 5.19. The number of carbonyl (C=O) groups excluding carboxylic acids is 3. The summed E-state index contributed by atoms with van der Waals surface area (Å²) in [5, 5.41) is 4.29. The second-order valence-electron chi connectivity index (χ2n) is 2.67. The maximum Gasteiger partial charge on any atom is 0.314 e. The molecule has 2 aliphatic heterocycles. The zero-order valence-corrected chi connectivity index (χ0v) is 6.77. The second-order valence-corrected chi connectivity index (χ2v) is 2.67. The minimum Gasteiger partial charge on any atom is -0.368 e. The first-order chi connectivity index (χ1) is 6.58. The Balaban J connectivity index is 2.36. The number of aliphatic imine (C=N–C) groups is 2. The number of nitrogens with one attached hydrogen (secondary N) is 2. The molecule has 0 aromatic carbocycles. The molecule has 4 N–H and O–H groups in total. The molecule has 8 heteroatoms. The van der Waals surface area contributed by atoms with E-state index in [-0.39, 0.29) is 11.8 Å². The summed E-state index contributed by atoms with van der Waals surface area (Å²) in [4.78, 5) is 39.9. The summed E-state index contributed by atoms with van der Waals surface area (Å²) in [6, 6.07) is -1.02. The Morgan fingerprint density at radius 1 is 1.14 bits per heavy atom. The van der Waals surface area contributed by atoms with Crippen LogP contribution in [0.2, 0.25) is 0 Å². The van der Waals surface area contributed by atoms with E-state index < -0.39 is 23.8 Å². The fourth-order valence-corrected chi connectivity index (χ4v) is 1.11. The maximum absolute atomic E-state index is 11.2. The van der Waals surface area contributed by atoms with Crippen LogP contribution in [0.15, 0.2) is 9.98 Å². The molecule has 72 valence electrons. The molecular weight excluding hydrogens is 190 g/mol. The molecule has 8 nitrogen and oxygen atoms in total. The van der Waals surface area contributed by atoms with E-state index in [1.807, 2.05) is 0 Å². The SMILES string of the molecule is NC1=NC(=O)C2NC(=O)C(=O)NC2=N1. The Morgan fingerprint density at radius 2 is 1.86 bits per heavy atom. The molecule has 1 atom stereocenters. The fraction of sp³-hybridized carbons (Fsp3) is 0.167. The van der Waals surface area contributed by atoms with Gasteiger partial charge < -0.3 is 16.4 Å². The van der Waals surface area contributed by atoms with Crippen LogP contribution < -0.4 is 16.4 Å². The number of guanidine groups is 1. The van der Waals surface area contributed by atoms with Gasteiger partial charge in [-0.05, 0) is 0 Å². The van der Waals surface area contributed by atoms with E-state index >= 15 is 0 Å². The number of hydrogen-bond acceptors (Lipinski definition) is 5. The van der Waals surface area contributed by atoms with Gasteiger partial charge in [0.05, 0.1) is 0 Å². The van der Waals surface area contributed by atoms with Crippen LogP contribution in [0.25, 0.3) is 0 Å². The van der Waals surface area contributed by atoms with Crippen LogP contribution in [-0.2, 0) is 14.4 Å². The third kappa shape index (κ3) is 1.13. The van der Waals surface area contributed by atoms with Gasteiger partial charge >= 0.3 is 11.8 Å². The van der Waals surface area contributed by atoms with E-state index in [2.05, 4.69) is 20.6 Å². The van der Waals surface area contributed by atoms with E-state index in [4.69, 9.17) is 5.73 Å². The Bertz CT molecular complexity index is 410. The van der Waals surface area contributed by atoms with Gasteiger partial charge in [0.1, 0.15) is 5.84 Å². The average molecular weight is 195 g/mol. The molecule has 2 heterocycles. The molecule has 0 saturated carbocycles. The van der Waals surface area contributed by atoms with Gasteiger partial charge in [-0.25, -0.2) is 0 Å². The number of carbonyl (C=O) groups is 3. The molecule has 3 amide bonds. The van der Waals surface area contributed by atoms with Crippen molar-refractivity contribution >= 4 is 29.5 Å². The van der Waals surface area contributed by atoms with Crippen LogP contribution in [0, 0.1) is 0 Å². The van der Waals surface area contributed by atoms with Crippen molar-refractivity contribution in [3.8, 4) is 0 Å². The summed E-state index contributed by atoms with van der Waals surface area (Å²) in [6.07, 6.45) is 0. The molecule has 0 aliphatic carbocycles. The van der Waals surface area contributed by atoms with E-state index in [1.165, 1.54) is 0 Å². The van der Waals surface area contributed by atoms with Crippen molar-refractivity contribution < 1.29 is 14.4 Å². The third-order valence-corrected chi connectivity index (χ3v) is 1.70. The lowest BCUT2D eigenvalue weighted by Gasteiger charge is -2.24. The highest BCUT2D eigenvalue weighted by atomic mass is 16.2. The topological polar surface area (TPSA) is 126 Å². The number of rotatable bonds is 0.